The zero-order chi connectivity index (χ0) is 15.2. The number of hydrogen-bond donors (Lipinski definition) is 0. The van der Waals surface area contributed by atoms with Gasteiger partial charge in [-0.05, 0) is 18.6 Å². The zero-order valence-corrected chi connectivity index (χ0v) is 13.9. The van der Waals surface area contributed by atoms with Crippen LogP contribution < -0.4 is 0 Å². The molecule has 0 N–H and O–H groups in total. The molecule has 0 spiro atoms. The van der Waals surface area contributed by atoms with Crippen LogP contribution in [0.3, 0.4) is 0 Å². The minimum absolute atomic E-state index is 0.0292. The molecule has 1 heterocycles. The Hall–Kier alpha value is -0.960. The topological polar surface area (TPSA) is 30.3 Å². The maximum absolute atomic E-state index is 13.9. The van der Waals surface area contributed by atoms with Crippen molar-refractivity contribution in [1.82, 2.24) is 9.80 Å². The van der Waals surface area contributed by atoms with Gasteiger partial charge in [-0.2, -0.15) is 5.26 Å². The van der Waals surface area contributed by atoms with Gasteiger partial charge in [-0.15, -0.1) is 0 Å². The molecule has 1 aromatic carbocycles. The van der Waals surface area contributed by atoms with Crippen molar-refractivity contribution in [2.24, 2.45) is 0 Å². The van der Waals surface area contributed by atoms with Crippen LogP contribution in [-0.4, -0.2) is 42.0 Å². The lowest BCUT2D eigenvalue weighted by Crippen LogP contribution is -2.49. The molecule has 1 fully saturated rings. The number of hydrogen-bond acceptors (Lipinski definition) is 3. The summed E-state index contributed by atoms with van der Waals surface area (Å²) in [5, 5.41) is 9.21. The Morgan fingerprint density at radius 1 is 1.33 bits per heavy atom. The van der Waals surface area contributed by atoms with Crippen LogP contribution in [0.2, 0.25) is 0 Å². The van der Waals surface area contributed by atoms with E-state index in [1.807, 2.05) is 12.1 Å². The minimum atomic E-state index is -0.160. The van der Waals surface area contributed by atoms with E-state index >= 15 is 0 Å². The Balaban J connectivity index is 1.88. The maximum Gasteiger partial charge on any atom is 0.128 e. The van der Waals surface area contributed by atoms with Gasteiger partial charge in [0.25, 0.3) is 0 Å². The van der Waals surface area contributed by atoms with E-state index in [1.54, 1.807) is 0 Å². The molecule has 2 rings (SSSR count). The molecule has 0 aromatic heterocycles. The average Bonchev–Trinajstić information content (AvgIpc) is 2.48. The van der Waals surface area contributed by atoms with E-state index < -0.39 is 0 Å². The maximum atomic E-state index is 13.9. The van der Waals surface area contributed by atoms with Gasteiger partial charge in [0.2, 0.25) is 0 Å². The van der Waals surface area contributed by atoms with Crippen molar-refractivity contribution < 1.29 is 4.39 Å². The molecule has 0 saturated carbocycles. The molecule has 5 heteroatoms. The van der Waals surface area contributed by atoms with E-state index in [9.17, 15) is 9.65 Å². The van der Waals surface area contributed by atoms with Crippen LogP contribution in [0, 0.1) is 17.1 Å². The van der Waals surface area contributed by atoms with Gasteiger partial charge >= 0.3 is 0 Å². The lowest BCUT2D eigenvalue weighted by atomic mass is 10.1. The highest BCUT2D eigenvalue weighted by Gasteiger charge is 2.23. The number of benzene rings is 1. The first-order valence-corrected chi connectivity index (χ1v) is 8.23. The fraction of sp³-hybridized carbons (Fsp3) is 0.562. The van der Waals surface area contributed by atoms with Crippen LogP contribution in [0.5, 0.6) is 0 Å². The summed E-state index contributed by atoms with van der Waals surface area (Å²) < 4.78 is 14.6. The van der Waals surface area contributed by atoms with Gasteiger partial charge < -0.3 is 0 Å². The molecule has 1 aliphatic heterocycles. The normalized spacial score (nSPS) is 18.4. The standard InChI is InChI=1S/C16H21BrFN3/c1-2-3-15(11-19)21-8-6-20(7-9-21)12-13-4-5-14(17)10-16(13)18/h4-5,10,15H,2-3,6-9,12H2,1H3. The molecule has 0 aliphatic carbocycles. The SMILES string of the molecule is CCCC(C#N)N1CCN(Cc2ccc(Br)cc2F)CC1. The van der Waals surface area contributed by atoms with Crippen molar-refractivity contribution in [2.75, 3.05) is 26.2 Å². The molecule has 114 valence electrons. The Kier molecular flexibility index (Phi) is 6.16. The third kappa shape index (κ3) is 4.50. The molecule has 0 amide bonds. The first-order valence-electron chi connectivity index (χ1n) is 7.44. The summed E-state index contributed by atoms with van der Waals surface area (Å²) in [4.78, 5) is 4.50. The van der Waals surface area contributed by atoms with Crippen LogP contribution in [0.1, 0.15) is 25.3 Å². The highest BCUT2D eigenvalue weighted by molar-refractivity contribution is 9.10. The fourth-order valence-corrected chi connectivity index (χ4v) is 3.06. The molecule has 3 nitrogen and oxygen atoms in total. The van der Waals surface area contributed by atoms with E-state index in [2.05, 4.69) is 38.7 Å². The molecule has 1 aromatic rings. The zero-order valence-electron chi connectivity index (χ0n) is 12.4. The third-order valence-corrected chi connectivity index (χ3v) is 4.46. The summed E-state index contributed by atoms with van der Waals surface area (Å²) in [6.07, 6.45) is 1.96. The summed E-state index contributed by atoms with van der Waals surface area (Å²) in [5.41, 5.74) is 0.733. The number of nitriles is 1. The summed E-state index contributed by atoms with van der Waals surface area (Å²) in [5.74, 6) is -0.160. The van der Waals surface area contributed by atoms with Crippen LogP contribution >= 0.6 is 15.9 Å². The molecule has 1 atom stereocenters. The number of piperazine rings is 1. The first kappa shape index (κ1) is 16.4. The Bertz CT molecular complexity index is 507. The molecule has 1 saturated heterocycles. The number of halogens is 2. The van der Waals surface area contributed by atoms with E-state index in [0.717, 1.165) is 49.1 Å². The lowest BCUT2D eigenvalue weighted by molar-refractivity contribution is 0.105. The second-order valence-corrected chi connectivity index (χ2v) is 6.40. The largest absolute Gasteiger partial charge is 0.296 e. The minimum Gasteiger partial charge on any atom is -0.296 e. The monoisotopic (exact) mass is 353 g/mol. The lowest BCUT2D eigenvalue weighted by Gasteiger charge is -2.37. The van der Waals surface area contributed by atoms with E-state index in [4.69, 9.17) is 0 Å². The summed E-state index contributed by atoms with van der Waals surface area (Å²) in [6.45, 7) is 6.29. The molecule has 1 aliphatic rings. The molecular formula is C16H21BrFN3. The quantitative estimate of drug-likeness (QED) is 0.812. The van der Waals surface area contributed by atoms with Crippen molar-refractivity contribution in [3.8, 4) is 6.07 Å². The molecule has 0 bridgehead atoms. The molecule has 0 radical (unpaired) electrons. The average molecular weight is 354 g/mol. The van der Waals surface area contributed by atoms with Gasteiger partial charge in [-0.25, -0.2) is 4.39 Å². The molecular weight excluding hydrogens is 333 g/mol. The van der Waals surface area contributed by atoms with Crippen molar-refractivity contribution in [2.45, 2.75) is 32.4 Å². The van der Waals surface area contributed by atoms with Crippen molar-refractivity contribution >= 4 is 15.9 Å². The Morgan fingerprint density at radius 3 is 2.62 bits per heavy atom. The van der Waals surface area contributed by atoms with Crippen LogP contribution in [0.25, 0.3) is 0 Å². The van der Waals surface area contributed by atoms with Crippen molar-refractivity contribution in [1.29, 1.82) is 5.26 Å². The number of nitrogens with zero attached hydrogens (tertiary/aromatic N) is 3. The van der Waals surface area contributed by atoms with Gasteiger partial charge in [-0.3, -0.25) is 9.80 Å². The smallest absolute Gasteiger partial charge is 0.128 e. The first-order chi connectivity index (χ1) is 10.1. The van der Waals surface area contributed by atoms with Gasteiger partial charge in [0.1, 0.15) is 5.82 Å². The summed E-state index contributed by atoms with van der Waals surface area (Å²) in [6, 6.07) is 7.65. The summed E-state index contributed by atoms with van der Waals surface area (Å²) in [7, 11) is 0. The third-order valence-electron chi connectivity index (χ3n) is 3.97. The van der Waals surface area contributed by atoms with Crippen LogP contribution in [0.15, 0.2) is 22.7 Å². The molecule has 21 heavy (non-hydrogen) atoms. The Labute approximate surface area is 134 Å². The van der Waals surface area contributed by atoms with Gasteiger partial charge in [0.15, 0.2) is 0 Å². The Morgan fingerprint density at radius 2 is 2.05 bits per heavy atom. The second-order valence-electron chi connectivity index (χ2n) is 5.48. The van der Waals surface area contributed by atoms with Gasteiger partial charge in [-0.1, -0.05) is 35.3 Å². The highest BCUT2D eigenvalue weighted by Crippen LogP contribution is 2.18. The van der Waals surface area contributed by atoms with Gasteiger partial charge in [0.05, 0.1) is 12.1 Å². The predicted octanol–water partition coefficient (Wildman–Crippen LogP) is 3.40. The van der Waals surface area contributed by atoms with E-state index in [0.29, 0.717) is 6.54 Å². The predicted molar refractivity (Wildman–Crippen MR) is 85.3 cm³/mol. The van der Waals surface area contributed by atoms with Crippen LogP contribution in [-0.2, 0) is 6.54 Å². The second kappa shape index (κ2) is 7.88. The van der Waals surface area contributed by atoms with E-state index in [-0.39, 0.29) is 11.9 Å². The van der Waals surface area contributed by atoms with E-state index in [1.165, 1.54) is 6.07 Å². The van der Waals surface area contributed by atoms with Gasteiger partial charge in [0, 0.05) is 42.8 Å². The highest BCUT2D eigenvalue weighted by atomic mass is 79.9. The van der Waals surface area contributed by atoms with Crippen LogP contribution in [0.4, 0.5) is 4.39 Å². The number of rotatable bonds is 5. The summed E-state index contributed by atoms with van der Waals surface area (Å²) >= 11 is 3.28. The molecule has 1 unspecified atom stereocenters. The van der Waals surface area contributed by atoms with Crippen molar-refractivity contribution in [3.63, 3.8) is 0 Å². The van der Waals surface area contributed by atoms with Crippen molar-refractivity contribution in [3.05, 3.63) is 34.1 Å². The fourth-order valence-electron chi connectivity index (χ4n) is 2.73.